The number of rotatable bonds is 3. The Morgan fingerprint density at radius 3 is 2.59 bits per heavy atom. The van der Waals surface area contributed by atoms with Crippen LogP contribution in [0.4, 0.5) is 0 Å². The van der Waals surface area contributed by atoms with Gasteiger partial charge in [0.2, 0.25) is 0 Å². The van der Waals surface area contributed by atoms with Gasteiger partial charge in [0.05, 0.1) is 0 Å². The Morgan fingerprint density at radius 2 is 2.00 bits per heavy atom. The molecule has 0 aliphatic carbocycles. The maximum absolute atomic E-state index is 6.09. The summed E-state index contributed by atoms with van der Waals surface area (Å²) in [4.78, 5) is 0. The molecule has 0 saturated heterocycles. The summed E-state index contributed by atoms with van der Waals surface area (Å²) in [6.07, 6.45) is 2.21. The van der Waals surface area contributed by atoms with E-state index in [4.69, 9.17) is 17.3 Å². The van der Waals surface area contributed by atoms with Crippen LogP contribution in [-0.2, 0) is 0 Å². The van der Waals surface area contributed by atoms with Crippen LogP contribution in [0.3, 0.4) is 0 Å². The second kappa shape index (κ2) is 4.71. The fourth-order valence-electron chi connectivity index (χ4n) is 2.20. The Kier molecular flexibility index (Phi) is 3.45. The summed E-state index contributed by atoms with van der Waals surface area (Å²) in [7, 11) is 0. The van der Waals surface area contributed by atoms with Crippen LogP contribution >= 0.6 is 11.6 Å². The van der Waals surface area contributed by atoms with E-state index >= 15 is 0 Å². The first-order valence-electron chi connectivity index (χ1n) is 6.04. The molecule has 1 aromatic heterocycles. The summed E-state index contributed by atoms with van der Waals surface area (Å²) in [6.45, 7) is 7.18. The molecule has 2 nitrogen and oxygen atoms in total. The third kappa shape index (κ3) is 2.20. The molecule has 0 aliphatic heterocycles. The Labute approximate surface area is 107 Å². The number of benzene rings is 1. The van der Waals surface area contributed by atoms with Crippen molar-refractivity contribution in [2.75, 3.05) is 6.54 Å². The fourth-order valence-corrected chi connectivity index (χ4v) is 2.37. The lowest BCUT2D eigenvalue weighted by atomic mass is 10.0. The molecule has 0 saturated carbocycles. The highest BCUT2D eigenvalue weighted by atomic mass is 35.5. The highest BCUT2D eigenvalue weighted by molar-refractivity contribution is 6.31. The summed E-state index contributed by atoms with van der Waals surface area (Å²) in [5.74, 6) is 0.357. The third-order valence-electron chi connectivity index (χ3n) is 3.27. The number of aromatic nitrogens is 1. The summed E-state index contributed by atoms with van der Waals surface area (Å²) in [5, 5.41) is 2.01. The Bertz CT molecular complexity index is 528. The van der Waals surface area contributed by atoms with Gasteiger partial charge in [0.15, 0.2) is 0 Å². The van der Waals surface area contributed by atoms with Gasteiger partial charge in [0.1, 0.15) is 0 Å². The number of halogens is 1. The Hall–Kier alpha value is -0.990. The monoisotopic (exact) mass is 250 g/mol. The van der Waals surface area contributed by atoms with Crippen molar-refractivity contribution in [1.82, 2.24) is 4.57 Å². The van der Waals surface area contributed by atoms with E-state index in [1.165, 1.54) is 16.5 Å². The number of hydrogen-bond donors (Lipinski definition) is 1. The van der Waals surface area contributed by atoms with E-state index in [1.807, 2.05) is 12.1 Å². The minimum atomic E-state index is 0.357. The molecule has 2 N–H and O–H groups in total. The van der Waals surface area contributed by atoms with E-state index in [0.29, 0.717) is 18.5 Å². The summed E-state index contributed by atoms with van der Waals surface area (Å²) < 4.78 is 2.28. The number of fused-ring (bicyclic) bond motifs is 1. The largest absolute Gasteiger partial charge is 0.345 e. The number of hydrogen-bond acceptors (Lipinski definition) is 1. The molecule has 0 spiro atoms. The fraction of sp³-hybridized carbons (Fsp3) is 0.429. The van der Waals surface area contributed by atoms with E-state index in [1.54, 1.807) is 0 Å². The molecule has 0 radical (unpaired) electrons. The van der Waals surface area contributed by atoms with Crippen LogP contribution in [0.2, 0.25) is 5.02 Å². The molecule has 17 heavy (non-hydrogen) atoms. The van der Waals surface area contributed by atoms with Gasteiger partial charge in [-0.05, 0) is 50.1 Å². The zero-order valence-electron chi connectivity index (χ0n) is 10.6. The van der Waals surface area contributed by atoms with Gasteiger partial charge in [-0.15, -0.1) is 0 Å². The second-order valence-corrected chi connectivity index (χ2v) is 5.32. The van der Waals surface area contributed by atoms with Gasteiger partial charge in [0, 0.05) is 28.2 Å². The second-order valence-electron chi connectivity index (χ2n) is 4.88. The van der Waals surface area contributed by atoms with E-state index in [-0.39, 0.29) is 0 Å². The van der Waals surface area contributed by atoms with Crippen molar-refractivity contribution in [3.63, 3.8) is 0 Å². The molecule has 0 amide bonds. The normalized spacial score (nSPS) is 13.5. The summed E-state index contributed by atoms with van der Waals surface area (Å²) in [6, 6.07) is 6.51. The molecule has 1 heterocycles. The maximum atomic E-state index is 6.09. The smallest absolute Gasteiger partial charge is 0.0486 e. The van der Waals surface area contributed by atoms with E-state index < -0.39 is 0 Å². The molecule has 0 fully saturated rings. The van der Waals surface area contributed by atoms with Gasteiger partial charge in [0.25, 0.3) is 0 Å². The molecule has 92 valence electrons. The van der Waals surface area contributed by atoms with Crippen molar-refractivity contribution in [2.45, 2.75) is 32.7 Å². The summed E-state index contributed by atoms with van der Waals surface area (Å²) in [5.41, 5.74) is 8.30. The lowest BCUT2D eigenvalue weighted by molar-refractivity contribution is 0.618. The lowest BCUT2D eigenvalue weighted by Crippen LogP contribution is -2.08. The van der Waals surface area contributed by atoms with Crippen molar-refractivity contribution >= 4 is 22.5 Å². The standard InChI is InChI=1S/C14H19ClN2/c1-9(2)17-8-13(10(3)7-16)12-6-11(15)4-5-14(12)17/h4-6,8-10H,7,16H2,1-3H3. The van der Waals surface area contributed by atoms with E-state index in [0.717, 1.165) is 5.02 Å². The lowest BCUT2D eigenvalue weighted by Gasteiger charge is -2.08. The molecule has 1 unspecified atom stereocenters. The molecule has 1 atom stereocenters. The maximum Gasteiger partial charge on any atom is 0.0486 e. The van der Waals surface area contributed by atoms with E-state index in [2.05, 4.69) is 37.6 Å². The zero-order chi connectivity index (χ0) is 12.6. The van der Waals surface area contributed by atoms with Gasteiger partial charge in [-0.2, -0.15) is 0 Å². The molecule has 0 aliphatic rings. The van der Waals surface area contributed by atoms with E-state index in [9.17, 15) is 0 Å². The first-order valence-corrected chi connectivity index (χ1v) is 6.42. The van der Waals surface area contributed by atoms with Gasteiger partial charge in [-0.25, -0.2) is 0 Å². The minimum Gasteiger partial charge on any atom is -0.345 e. The molecule has 1 aromatic carbocycles. The average Bonchev–Trinajstić information content (AvgIpc) is 2.66. The highest BCUT2D eigenvalue weighted by Crippen LogP contribution is 2.31. The van der Waals surface area contributed by atoms with Gasteiger partial charge < -0.3 is 10.3 Å². The van der Waals surface area contributed by atoms with Crippen LogP contribution in [0.25, 0.3) is 10.9 Å². The van der Waals surface area contributed by atoms with Crippen LogP contribution < -0.4 is 5.73 Å². The molecule has 0 bridgehead atoms. The van der Waals surface area contributed by atoms with Gasteiger partial charge >= 0.3 is 0 Å². The quantitative estimate of drug-likeness (QED) is 0.879. The van der Waals surface area contributed by atoms with Crippen molar-refractivity contribution < 1.29 is 0 Å². The minimum absolute atomic E-state index is 0.357. The van der Waals surface area contributed by atoms with Crippen molar-refractivity contribution in [3.05, 3.63) is 35.0 Å². The molecule has 2 rings (SSSR count). The van der Waals surface area contributed by atoms with Crippen LogP contribution in [0.1, 0.15) is 38.3 Å². The van der Waals surface area contributed by atoms with Crippen LogP contribution in [-0.4, -0.2) is 11.1 Å². The molecular weight excluding hydrogens is 232 g/mol. The predicted molar refractivity (Wildman–Crippen MR) is 74.8 cm³/mol. The van der Waals surface area contributed by atoms with Crippen molar-refractivity contribution in [2.24, 2.45) is 5.73 Å². The SMILES string of the molecule is CC(CN)c1cn(C(C)C)c2ccc(Cl)cc12. The first-order chi connectivity index (χ1) is 8.04. The molecular formula is C14H19ClN2. The molecule has 2 aromatic rings. The average molecular weight is 251 g/mol. The van der Waals surface area contributed by atoms with Crippen LogP contribution in [0.5, 0.6) is 0 Å². The number of nitrogens with zero attached hydrogens (tertiary/aromatic N) is 1. The number of nitrogens with two attached hydrogens (primary N) is 1. The van der Waals surface area contributed by atoms with Gasteiger partial charge in [-0.1, -0.05) is 18.5 Å². The first kappa shape index (κ1) is 12.5. The van der Waals surface area contributed by atoms with Crippen LogP contribution in [0, 0.1) is 0 Å². The Morgan fingerprint density at radius 1 is 1.29 bits per heavy atom. The summed E-state index contributed by atoms with van der Waals surface area (Å²) >= 11 is 6.09. The predicted octanol–water partition coefficient (Wildman–Crippen LogP) is 3.94. The zero-order valence-corrected chi connectivity index (χ0v) is 11.3. The topological polar surface area (TPSA) is 30.9 Å². The highest BCUT2D eigenvalue weighted by Gasteiger charge is 2.14. The van der Waals surface area contributed by atoms with Crippen molar-refractivity contribution in [3.8, 4) is 0 Å². The van der Waals surface area contributed by atoms with Crippen LogP contribution in [0.15, 0.2) is 24.4 Å². The van der Waals surface area contributed by atoms with Crippen molar-refractivity contribution in [1.29, 1.82) is 0 Å². The van der Waals surface area contributed by atoms with Gasteiger partial charge in [-0.3, -0.25) is 0 Å². The molecule has 3 heteroatoms. The Balaban J connectivity index is 2.71. The third-order valence-corrected chi connectivity index (χ3v) is 3.50.